The Morgan fingerprint density at radius 2 is 1.31 bits per heavy atom. The number of anilines is 3. The first-order chi connectivity index (χ1) is 23.4. The van der Waals surface area contributed by atoms with Crippen molar-refractivity contribution < 1.29 is 25.2 Å². The molecule has 3 atom stereocenters. The van der Waals surface area contributed by atoms with Crippen molar-refractivity contribution in [3.8, 4) is 0 Å². The molecule has 2 heterocycles. The fourth-order valence-corrected chi connectivity index (χ4v) is 8.21. The summed E-state index contributed by atoms with van der Waals surface area (Å²) in [4.78, 5) is 19.7. The van der Waals surface area contributed by atoms with Crippen molar-refractivity contribution >= 4 is 71.5 Å². The summed E-state index contributed by atoms with van der Waals surface area (Å²) in [5.74, 6) is -0.957. The smallest absolute Gasteiger partial charge is 0.172 e. The van der Waals surface area contributed by atoms with E-state index in [1.54, 1.807) is 0 Å². The number of hydrogen-bond donors (Lipinski definition) is 7. The van der Waals surface area contributed by atoms with Gasteiger partial charge in [-0.1, -0.05) is 79.7 Å². The first kappa shape index (κ1) is 29.1. The van der Waals surface area contributed by atoms with E-state index in [1.165, 1.54) is 0 Å². The average Bonchev–Trinajstić information content (AvgIpc) is 3.14. The molecule has 3 aliphatic rings. The number of ketones is 1. The highest BCUT2D eigenvalue weighted by atomic mass is 16.3. The number of Topliss-reactive ketones (excluding diaryl/α,β-unsaturated/α-hetero) is 1. The lowest BCUT2D eigenvalue weighted by molar-refractivity contribution is -0.121. The summed E-state index contributed by atoms with van der Waals surface area (Å²) in [5, 5.41) is 61.3. The van der Waals surface area contributed by atoms with Crippen LogP contribution in [0.3, 0.4) is 0 Å². The summed E-state index contributed by atoms with van der Waals surface area (Å²) in [6.45, 7) is 1.12. The molecule has 1 fully saturated rings. The van der Waals surface area contributed by atoms with E-state index in [-0.39, 0.29) is 25.6 Å². The zero-order chi connectivity index (χ0) is 32.9. The Hall–Kier alpha value is -5.06. The van der Waals surface area contributed by atoms with Gasteiger partial charge in [-0.05, 0) is 50.9 Å². The second-order valence-corrected chi connectivity index (χ2v) is 13.2. The van der Waals surface area contributed by atoms with Crippen LogP contribution in [0.15, 0.2) is 89.9 Å². The number of aliphatic hydroxyl groups excluding tert-OH is 4. The first-order valence-electron chi connectivity index (χ1n) is 16.3. The minimum Gasteiger partial charge on any atom is -0.392 e. The Balaban J connectivity index is 1.32. The Kier molecular flexibility index (Phi) is 6.20. The quantitative estimate of drug-likeness (QED) is 0.141. The molecule has 7 N–H and O–H groups in total. The number of hydrogen-bond acceptors (Lipinski definition) is 9. The van der Waals surface area contributed by atoms with Crippen LogP contribution in [0.1, 0.15) is 24.8 Å². The summed E-state index contributed by atoms with van der Waals surface area (Å²) in [7, 11) is 0. The number of fused-ring (bicyclic) bond motifs is 4. The van der Waals surface area contributed by atoms with Crippen LogP contribution in [0.4, 0.5) is 17.1 Å². The SMILES string of the molecule is CCC1(CO)N=c2c3ccccc3c(=C3C(=O)C(c4c5ccccc5c5c6c(cccc46)NC(CO)(CO)N5)C3O)c3cccc(c23)N1. The van der Waals surface area contributed by atoms with E-state index >= 15 is 0 Å². The molecule has 48 heavy (non-hydrogen) atoms. The maximum atomic E-state index is 14.7. The van der Waals surface area contributed by atoms with Crippen molar-refractivity contribution in [2.24, 2.45) is 4.99 Å². The van der Waals surface area contributed by atoms with E-state index in [1.807, 2.05) is 91.9 Å². The number of rotatable bonds is 5. The van der Waals surface area contributed by atoms with Gasteiger partial charge in [-0.2, -0.15) is 0 Å². The molecule has 0 radical (unpaired) electrons. The van der Waals surface area contributed by atoms with Crippen LogP contribution in [0.5, 0.6) is 0 Å². The molecular weight excluding hydrogens is 604 g/mol. The van der Waals surface area contributed by atoms with E-state index in [0.717, 1.165) is 71.1 Å². The van der Waals surface area contributed by atoms with Crippen molar-refractivity contribution in [2.45, 2.75) is 36.7 Å². The largest absolute Gasteiger partial charge is 0.392 e. The molecule has 0 spiro atoms. The van der Waals surface area contributed by atoms with E-state index < -0.39 is 23.3 Å². The van der Waals surface area contributed by atoms with E-state index in [4.69, 9.17) is 4.99 Å². The van der Waals surface area contributed by atoms with E-state index in [2.05, 4.69) is 16.0 Å². The van der Waals surface area contributed by atoms with Gasteiger partial charge in [0.25, 0.3) is 0 Å². The fraction of sp³-hybridized carbons (Fsp3) is 0.231. The third-order valence-corrected chi connectivity index (χ3v) is 10.7. The van der Waals surface area contributed by atoms with Gasteiger partial charge >= 0.3 is 0 Å². The summed E-state index contributed by atoms with van der Waals surface area (Å²) in [5.41, 5.74) is 1.40. The zero-order valence-corrected chi connectivity index (χ0v) is 26.2. The van der Waals surface area contributed by atoms with Crippen molar-refractivity contribution in [2.75, 3.05) is 35.8 Å². The molecule has 0 bridgehead atoms. The van der Waals surface area contributed by atoms with Crippen LogP contribution in [0, 0.1) is 0 Å². The van der Waals surface area contributed by atoms with Gasteiger partial charge in [0.2, 0.25) is 0 Å². The van der Waals surface area contributed by atoms with Gasteiger partial charge in [-0.15, -0.1) is 0 Å². The molecular formula is C39H34N4O5. The normalized spacial score (nSPS) is 23.4. The van der Waals surface area contributed by atoms with Gasteiger partial charge in [0.05, 0.1) is 42.9 Å². The van der Waals surface area contributed by atoms with Gasteiger partial charge in [-0.25, -0.2) is 0 Å². The highest BCUT2D eigenvalue weighted by molar-refractivity contribution is 6.32. The summed E-state index contributed by atoms with van der Waals surface area (Å²) in [6.07, 6.45) is -0.502. The fourth-order valence-electron chi connectivity index (χ4n) is 8.21. The third kappa shape index (κ3) is 3.70. The lowest BCUT2D eigenvalue weighted by atomic mass is 9.67. The van der Waals surface area contributed by atoms with Crippen LogP contribution < -0.4 is 26.5 Å². The Bertz CT molecular complexity index is 2500. The van der Waals surface area contributed by atoms with E-state index in [0.29, 0.717) is 17.2 Å². The number of nitrogens with one attached hydrogen (secondary N) is 3. The molecule has 1 aliphatic carbocycles. The molecule has 0 aromatic heterocycles. The summed E-state index contributed by atoms with van der Waals surface area (Å²) >= 11 is 0. The predicted molar refractivity (Wildman–Crippen MR) is 189 cm³/mol. The average molecular weight is 639 g/mol. The molecule has 6 aromatic carbocycles. The Morgan fingerprint density at radius 1 is 0.688 bits per heavy atom. The van der Waals surface area contributed by atoms with Crippen LogP contribution in [0.25, 0.3) is 48.7 Å². The monoisotopic (exact) mass is 638 g/mol. The topological polar surface area (TPSA) is 146 Å². The van der Waals surface area contributed by atoms with Gasteiger partial charge in [-0.3, -0.25) is 9.79 Å². The molecule has 3 unspecified atom stereocenters. The summed E-state index contributed by atoms with van der Waals surface area (Å²) < 4.78 is 0. The van der Waals surface area contributed by atoms with Crippen molar-refractivity contribution in [3.63, 3.8) is 0 Å². The third-order valence-electron chi connectivity index (χ3n) is 10.7. The molecule has 1 saturated carbocycles. The minimum atomic E-state index is -1.16. The number of carbonyl (C=O) groups is 1. The van der Waals surface area contributed by atoms with E-state index in [9.17, 15) is 25.2 Å². The maximum absolute atomic E-state index is 14.7. The highest BCUT2D eigenvalue weighted by Gasteiger charge is 2.48. The molecule has 9 heteroatoms. The number of nitrogens with zero attached hydrogens (tertiary/aromatic N) is 1. The highest BCUT2D eigenvalue weighted by Crippen LogP contribution is 2.51. The molecule has 0 saturated heterocycles. The van der Waals surface area contributed by atoms with Gasteiger partial charge < -0.3 is 36.4 Å². The first-order valence-corrected chi connectivity index (χ1v) is 16.3. The lowest BCUT2D eigenvalue weighted by Gasteiger charge is -2.41. The molecule has 240 valence electrons. The molecule has 6 aromatic rings. The molecule has 0 amide bonds. The predicted octanol–water partition coefficient (Wildman–Crippen LogP) is 3.84. The van der Waals surface area contributed by atoms with Crippen molar-refractivity contribution in [1.29, 1.82) is 0 Å². The van der Waals surface area contributed by atoms with Gasteiger partial charge in [0, 0.05) is 38.5 Å². The second-order valence-electron chi connectivity index (χ2n) is 13.2. The van der Waals surface area contributed by atoms with Crippen LogP contribution >= 0.6 is 0 Å². The molecule has 9 nitrogen and oxygen atoms in total. The van der Waals surface area contributed by atoms with Crippen LogP contribution in [0.2, 0.25) is 0 Å². The number of benzene rings is 6. The standard InChI is InChI=1S/C39H34N4O5/c1-2-38(17-44)40-26-15-7-13-24-28(20-9-3-5-11-22(20)34(42-38)30(24)26)32-36(47)33(37(32)48)29-21-10-4-6-12-23(21)35-31-25(29)14-8-16-27(31)41-39(18-45,19-46)43-35/h3-16,33,36,40-41,43-47H,2,17-19H2,1H3. The van der Waals surface area contributed by atoms with Gasteiger partial charge in [0.1, 0.15) is 0 Å². The van der Waals surface area contributed by atoms with Crippen LogP contribution in [-0.2, 0) is 4.79 Å². The number of aliphatic hydroxyl groups is 4. The number of carbonyl (C=O) groups excluding carboxylic acids is 1. The van der Waals surface area contributed by atoms with Crippen molar-refractivity contribution in [1.82, 2.24) is 0 Å². The maximum Gasteiger partial charge on any atom is 0.172 e. The Labute approximate surface area is 274 Å². The Morgan fingerprint density at radius 3 is 1.98 bits per heavy atom. The zero-order valence-electron chi connectivity index (χ0n) is 26.2. The second kappa shape index (κ2) is 10.2. The lowest BCUT2D eigenvalue weighted by Crippen LogP contribution is -2.54. The van der Waals surface area contributed by atoms with Crippen molar-refractivity contribution in [3.05, 3.63) is 101 Å². The van der Waals surface area contributed by atoms with Gasteiger partial charge in [0.15, 0.2) is 17.1 Å². The molecule has 9 rings (SSSR count). The van der Waals surface area contributed by atoms with Crippen LogP contribution in [-0.4, -0.2) is 63.5 Å². The molecule has 2 aliphatic heterocycles. The minimum absolute atomic E-state index is 0.144. The summed E-state index contributed by atoms with van der Waals surface area (Å²) in [6, 6.07) is 27.2.